The van der Waals surface area contributed by atoms with E-state index in [1.54, 1.807) is 0 Å². The Kier molecular flexibility index (Phi) is 4.78. The van der Waals surface area contributed by atoms with Crippen LogP contribution in [0.2, 0.25) is 0 Å². The van der Waals surface area contributed by atoms with Gasteiger partial charge < -0.3 is 5.32 Å². The van der Waals surface area contributed by atoms with E-state index in [1.807, 2.05) is 11.7 Å². The molecule has 2 rings (SSSR count). The van der Waals surface area contributed by atoms with Gasteiger partial charge in [0.1, 0.15) is 0 Å². The van der Waals surface area contributed by atoms with Crippen LogP contribution in [0.25, 0.3) is 0 Å². The maximum atomic E-state index is 4.42. The number of piperidine rings is 1. The van der Waals surface area contributed by atoms with Crippen LogP contribution in [0.3, 0.4) is 0 Å². The summed E-state index contributed by atoms with van der Waals surface area (Å²) < 4.78 is 1.92. The molecule has 0 bridgehead atoms. The predicted octanol–water partition coefficient (Wildman–Crippen LogP) is 1.55. The molecule has 1 N–H and O–H groups in total. The van der Waals surface area contributed by atoms with Gasteiger partial charge in [0.25, 0.3) is 0 Å². The van der Waals surface area contributed by atoms with Crippen molar-refractivity contribution in [3.8, 4) is 0 Å². The molecule has 0 aliphatic carbocycles. The highest BCUT2D eigenvalue weighted by atomic mass is 15.3. The fourth-order valence-electron chi connectivity index (χ4n) is 2.80. The lowest BCUT2D eigenvalue weighted by molar-refractivity contribution is 0.209. The maximum Gasteiger partial charge on any atom is 0.0638 e. The molecular weight excluding hydrogens is 224 g/mol. The molecule has 102 valence electrons. The first-order chi connectivity index (χ1) is 8.69. The van der Waals surface area contributed by atoms with Gasteiger partial charge in [-0.1, -0.05) is 6.92 Å². The Morgan fingerprint density at radius 3 is 2.94 bits per heavy atom. The summed E-state index contributed by atoms with van der Waals surface area (Å²) in [5.41, 5.74) is 2.53. The van der Waals surface area contributed by atoms with Gasteiger partial charge in [0.2, 0.25) is 0 Å². The lowest BCUT2D eigenvalue weighted by atomic mass is 9.99. The Labute approximate surface area is 110 Å². The van der Waals surface area contributed by atoms with E-state index in [0.29, 0.717) is 0 Å². The minimum atomic E-state index is 0.815. The lowest BCUT2D eigenvalue weighted by Gasteiger charge is -2.29. The van der Waals surface area contributed by atoms with Crippen molar-refractivity contribution in [2.24, 2.45) is 13.0 Å². The second kappa shape index (κ2) is 6.34. The van der Waals surface area contributed by atoms with Crippen LogP contribution in [-0.2, 0) is 13.6 Å². The molecule has 0 spiro atoms. The third-order valence-electron chi connectivity index (χ3n) is 3.87. The van der Waals surface area contributed by atoms with Crippen LogP contribution in [0.5, 0.6) is 0 Å². The van der Waals surface area contributed by atoms with Gasteiger partial charge in [-0.05, 0) is 45.3 Å². The number of nitrogens with one attached hydrogen (secondary N) is 1. The standard InChI is InChI=1S/C14H26N4/c1-4-18(9-13-6-5-7-15-8-13)11-14-10-17(3)16-12(14)2/h10,13,15H,4-9,11H2,1-3H3. The summed E-state index contributed by atoms with van der Waals surface area (Å²) in [4.78, 5) is 2.54. The molecule has 18 heavy (non-hydrogen) atoms. The van der Waals surface area contributed by atoms with Crippen molar-refractivity contribution in [2.45, 2.75) is 33.2 Å². The summed E-state index contributed by atoms with van der Waals surface area (Å²) in [6.07, 6.45) is 4.85. The molecule has 1 aromatic heterocycles. The Balaban J connectivity index is 1.90. The molecule has 1 aromatic rings. The van der Waals surface area contributed by atoms with E-state index in [-0.39, 0.29) is 0 Å². The molecule has 4 heteroatoms. The third-order valence-corrected chi connectivity index (χ3v) is 3.87. The Morgan fingerprint density at radius 2 is 2.39 bits per heavy atom. The van der Waals surface area contributed by atoms with Crippen molar-refractivity contribution in [1.82, 2.24) is 20.0 Å². The summed E-state index contributed by atoms with van der Waals surface area (Å²) in [5.74, 6) is 0.815. The Hall–Kier alpha value is -0.870. The van der Waals surface area contributed by atoms with Gasteiger partial charge >= 0.3 is 0 Å². The first-order valence-corrected chi connectivity index (χ1v) is 7.11. The van der Waals surface area contributed by atoms with Crippen LogP contribution in [-0.4, -0.2) is 40.9 Å². The Bertz CT molecular complexity index is 366. The number of aryl methyl sites for hydroxylation is 2. The zero-order chi connectivity index (χ0) is 13.0. The highest BCUT2D eigenvalue weighted by Gasteiger charge is 2.17. The molecular formula is C14H26N4. The van der Waals surface area contributed by atoms with Crippen molar-refractivity contribution >= 4 is 0 Å². The molecule has 1 aliphatic heterocycles. The van der Waals surface area contributed by atoms with Gasteiger partial charge in [0.15, 0.2) is 0 Å². The first-order valence-electron chi connectivity index (χ1n) is 7.11. The number of rotatable bonds is 5. The van der Waals surface area contributed by atoms with E-state index in [9.17, 15) is 0 Å². The van der Waals surface area contributed by atoms with E-state index >= 15 is 0 Å². The van der Waals surface area contributed by atoms with Crippen LogP contribution >= 0.6 is 0 Å². The van der Waals surface area contributed by atoms with E-state index in [0.717, 1.165) is 24.7 Å². The van der Waals surface area contributed by atoms with E-state index < -0.39 is 0 Å². The number of aromatic nitrogens is 2. The van der Waals surface area contributed by atoms with Crippen molar-refractivity contribution in [2.75, 3.05) is 26.2 Å². The predicted molar refractivity (Wildman–Crippen MR) is 74.5 cm³/mol. The van der Waals surface area contributed by atoms with Gasteiger partial charge in [-0.15, -0.1) is 0 Å². The average Bonchev–Trinajstić information content (AvgIpc) is 2.68. The number of hydrogen-bond acceptors (Lipinski definition) is 3. The molecule has 1 unspecified atom stereocenters. The summed E-state index contributed by atoms with van der Waals surface area (Å²) in [6, 6.07) is 0. The monoisotopic (exact) mass is 250 g/mol. The topological polar surface area (TPSA) is 33.1 Å². The average molecular weight is 250 g/mol. The van der Waals surface area contributed by atoms with E-state index in [2.05, 4.69) is 35.4 Å². The van der Waals surface area contributed by atoms with Crippen LogP contribution in [0.4, 0.5) is 0 Å². The molecule has 0 radical (unpaired) electrons. The fourth-order valence-corrected chi connectivity index (χ4v) is 2.80. The molecule has 1 atom stereocenters. The zero-order valence-electron chi connectivity index (χ0n) is 11.9. The number of nitrogens with zero attached hydrogens (tertiary/aromatic N) is 3. The molecule has 0 aromatic carbocycles. The van der Waals surface area contributed by atoms with Gasteiger partial charge in [-0.3, -0.25) is 9.58 Å². The van der Waals surface area contributed by atoms with Crippen LogP contribution in [0.1, 0.15) is 31.0 Å². The highest BCUT2D eigenvalue weighted by Crippen LogP contribution is 2.15. The summed E-state index contributed by atoms with van der Waals surface area (Å²) in [6.45, 7) is 10.1. The smallest absolute Gasteiger partial charge is 0.0638 e. The van der Waals surface area contributed by atoms with Crippen LogP contribution in [0, 0.1) is 12.8 Å². The van der Waals surface area contributed by atoms with E-state index in [1.165, 1.54) is 38.0 Å². The van der Waals surface area contributed by atoms with Gasteiger partial charge in [0.05, 0.1) is 5.69 Å². The van der Waals surface area contributed by atoms with Gasteiger partial charge in [-0.25, -0.2) is 0 Å². The molecule has 0 saturated carbocycles. The summed E-state index contributed by atoms with van der Waals surface area (Å²) in [7, 11) is 2.00. The lowest BCUT2D eigenvalue weighted by Crippen LogP contribution is -2.38. The molecule has 1 fully saturated rings. The molecule has 2 heterocycles. The van der Waals surface area contributed by atoms with Crippen molar-refractivity contribution in [3.63, 3.8) is 0 Å². The molecule has 0 amide bonds. The van der Waals surface area contributed by atoms with E-state index in [4.69, 9.17) is 0 Å². The van der Waals surface area contributed by atoms with Crippen molar-refractivity contribution in [1.29, 1.82) is 0 Å². The minimum absolute atomic E-state index is 0.815. The van der Waals surface area contributed by atoms with Crippen LogP contribution < -0.4 is 5.32 Å². The summed E-state index contributed by atoms with van der Waals surface area (Å²) >= 11 is 0. The van der Waals surface area contributed by atoms with Gasteiger partial charge in [0, 0.05) is 31.9 Å². The number of hydrogen-bond donors (Lipinski definition) is 1. The maximum absolute atomic E-state index is 4.42. The summed E-state index contributed by atoms with van der Waals surface area (Å²) in [5, 5.41) is 7.92. The second-order valence-corrected chi connectivity index (χ2v) is 5.45. The molecule has 1 saturated heterocycles. The second-order valence-electron chi connectivity index (χ2n) is 5.45. The van der Waals surface area contributed by atoms with Crippen molar-refractivity contribution in [3.05, 3.63) is 17.5 Å². The third kappa shape index (κ3) is 3.56. The fraction of sp³-hybridized carbons (Fsp3) is 0.786. The quantitative estimate of drug-likeness (QED) is 0.861. The SMILES string of the molecule is CCN(Cc1cn(C)nc1C)CC1CCCNC1. The zero-order valence-corrected chi connectivity index (χ0v) is 11.9. The molecule has 1 aliphatic rings. The van der Waals surface area contributed by atoms with Crippen LogP contribution in [0.15, 0.2) is 6.20 Å². The first kappa shape index (κ1) is 13.6. The highest BCUT2D eigenvalue weighted by molar-refractivity contribution is 5.14. The largest absolute Gasteiger partial charge is 0.316 e. The van der Waals surface area contributed by atoms with Gasteiger partial charge in [-0.2, -0.15) is 5.10 Å². The normalized spacial score (nSPS) is 20.6. The molecule has 4 nitrogen and oxygen atoms in total. The minimum Gasteiger partial charge on any atom is -0.316 e. The Morgan fingerprint density at radius 1 is 1.56 bits per heavy atom. The van der Waals surface area contributed by atoms with Crippen molar-refractivity contribution < 1.29 is 0 Å².